The molecule has 0 unspecified atom stereocenters. The third kappa shape index (κ3) is 4.61. The van der Waals surface area contributed by atoms with Gasteiger partial charge in [0.05, 0.1) is 20.6 Å². The molecule has 0 aliphatic carbocycles. The van der Waals surface area contributed by atoms with Crippen LogP contribution in [0.25, 0.3) is 0 Å². The summed E-state index contributed by atoms with van der Waals surface area (Å²) in [6.45, 7) is 2.86. The first-order valence-corrected chi connectivity index (χ1v) is 7.79. The quantitative estimate of drug-likeness (QED) is 0.890. The zero-order chi connectivity index (χ0) is 16.8. The summed E-state index contributed by atoms with van der Waals surface area (Å²) in [4.78, 5) is 25.4. The van der Waals surface area contributed by atoms with Crippen LogP contribution >= 0.6 is 0 Å². The fourth-order valence-electron chi connectivity index (χ4n) is 2.83. The third-order valence-electron chi connectivity index (χ3n) is 4.09. The number of benzene rings is 1. The zero-order valence-electron chi connectivity index (χ0n) is 13.9. The Bertz CT molecular complexity index is 566. The van der Waals surface area contributed by atoms with Gasteiger partial charge in [-0.05, 0) is 18.9 Å². The maximum Gasteiger partial charge on any atom is 0.227 e. The van der Waals surface area contributed by atoms with Gasteiger partial charge in [0, 0.05) is 37.7 Å². The second-order valence-corrected chi connectivity index (χ2v) is 5.71. The van der Waals surface area contributed by atoms with Crippen LogP contribution in [0.4, 0.5) is 0 Å². The van der Waals surface area contributed by atoms with Crippen LogP contribution in [-0.2, 0) is 16.0 Å². The molecule has 1 aromatic carbocycles. The summed E-state index contributed by atoms with van der Waals surface area (Å²) in [6.07, 6.45) is 1.90. The van der Waals surface area contributed by atoms with Gasteiger partial charge in [-0.3, -0.25) is 9.59 Å². The molecule has 1 aliphatic heterocycles. The highest BCUT2D eigenvalue weighted by Crippen LogP contribution is 2.25. The van der Waals surface area contributed by atoms with Gasteiger partial charge < -0.3 is 19.7 Å². The van der Waals surface area contributed by atoms with Gasteiger partial charge in [0.15, 0.2) is 0 Å². The molecule has 6 heteroatoms. The predicted octanol–water partition coefficient (Wildman–Crippen LogP) is 1.37. The maximum atomic E-state index is 12.5. The summed E-state index contributed by atoms with van der Waals surface area (Å²) in [6, 6.07) is 5.64. The molecule has 0 saturated carbocycles. The van der Waals surface area contributed by atoms with E-state index in [0.29, 0.717) is 31.0 Å². The molecular weight excluding hydrogens is 296 g/mol. The van der Waals surface area contributed by atoms with Crippen LogP contribution < -0.4 is 14.8 Å². The number of likely N-dealkylation sites (tertiary alicyclic amines) is 1. The molecular formula is C17H24N2O4. The fraction of sp³-hybridized carbons (Fsp3) is 0.529. The van der Waals surface area contributed by atoms with E-state index >= 15 is 0 Å². The lowest BCUT2D eigenvalue weighted by molar-refractivity contribution is -0.131. The number of hydrogen-bond acceptors (Lipinski definition) is 4. The van der Waals surface area contributed by atoms with E-state index in [-0.39, 0.29) is 17.9 Å². The first kappa shape index (κ1) is 17.1. The van der Waals surface area contributed by atoms with Gasteiger partial charge in [-0.15, -0.1) is 0 Å². The number of amides is 2. The molecule has 1 heterocycles. The summed E-state index contributed by atoms with van der Waals surface area (Å²) in [5, 5.41) is 2.91. The van der Waals surface area contributed by atoms with Crippen LogP contribution in [0.5, 0.6) is 11.5 Å². The van der Waals surface area contributed by atoms with Crippen molar-refractivity contribution in [2.24, 2.45) is 0 Å². The molecule has 0 atom stereocenters. The second kappa shape index (κ2) is 7.85. The van der Waals surface area contributed by atoms with Gasteiger partial charge in [-0.2, -0.15) is 0 Å². The molecule has 1 fully saturated rings. The van der Waals surface area contributed by atoms with Crippen LogP contribution in [0.15, 0.2) is 18.2 Å². The highest BCUT2D eigenvalue weighted by Gasteiger charge is 2.23. The first-order valence-electron chi connectivity index (χ1n) is 7.79. The number of carbonyl (C=O) groups is 2. The molecule has 1 N–H and O–H groups in total. The van der Waals surface area contributed by atoms with E-state index in [4.69, 9.17) is 9.47 Å². The molecule has 6 nitrogen and oxygen atoms in total. The molecule has 0 spiro atoms. The van der Waals surface area contributed by atoms with E-state index < -0.39 is 0 Å². The molecule has 23 heavy (non-hydrogen) atoms. The van der Waals surface area contributed by atoms with E-state index in [9.17, 15) is 9.59 Å². The number of rotatable bonds is 5. The Morgan fingerprint density at radius 1 is 1.22 bits per heavy atom. The van der Waals surface area contributed by atoms with E-state index in [1.165, 1.54) is 6.92 Å². The van der Waals surface area contributed by atoms with Crippen LogP contribution in [0, 0.1) is 0 Å². The van der Waals surface area contributed by atoms with E-state index in [0.717, 1.165) is 18.4 Å². The summed E-state index contributed by atoms with van der Waals surface area (Å²) in [5.74, 6) is 1.42. The van der Waals surface area contributed by atoms with E-state index in [1.807, 2.05) is 17.0 Å². The number of methoxy groups -OCH3 is 2. The Balaban J connectivity index is 1.94. The minimum atomic E-state index is -0.0160. The Hall–Kier alpha value is -2.24. The van der Waals surface area contributed by atoms with Crippen LogP contribution in [0.2, 0.25) is 0 Å². The largest absolute Gasteiger partial charge is 0.497 e. The Labute approximate surface area is 136 Å². The lowest BCUT2D eigenvalue weighted by atomic mass is 10.0. The third-order valence-corrected chi connectivity index (χ3v) is 4.09. The van der Waals surface area contributed by atoms with Crippen molar-refractivity contribution in [1.29, 1.82) is 0 Å². The van der Waals surface area contributed by atoms with Crippen molar-refractivity contribution in [2.75, 3.05) is 27.3 Å². The van der Waals surface area contributed by atoms with E-state index in [2.05, 4.69) is 5.32 Å². The Morgan fingerprint density at radius 3 is 2.48 bits per heavy atom. The van der Waals surface area contributed by atoms with Crippen LogP contribution in [-0.4, -0.2) is 50.1 Å². The van der Waals surface area contributed by atoms with Gasteiger partial charge in [0.1, 0.15) is 11.5 Å². The normalized spacial score (nSPS) is 15.2. The molecule has 1 aromatic rings. The van der Waals surface area contributed by atoms with Crippen LogP contribution in [0.1, 0.15) is 25.3 Å². The SMILES string of the molecule is COc1ccc(CC(=O)N2CCC(NC(C)=O)CC2)c(OC)c1. The van der Waals surface area contributed by atoms with Gasteiger partial charge in [-0.25, -0.2) is 0 Å². The summed E-state index contributed by atoms with van der Waals surface area (Å²) in [5.41, 5.74) is 0.849. The standard InChI is InChI=1S/C17H24N2O4/c1-12(20)18-14-6-8-19(9-7-14)17(21)10-13-4-5-15(22-2)11-16(13)23-3/h4-5,11,14H,6-10H2,1-3H3,(H,18,20). The smallest absolute Gasteiger partial charge is 0.227 e. The van der Waals surface area contributed by atoms with Crippen molar-refractivity contribution in [2.45, 2.75) is 32.2 Å². The average molecular weight is 320 g/mol. The van der Waals surface area contributed by atoms with Gasteiger partial charge in [0.2, 0.25) is 11.8 Å². The minimum Gasteiger partial charge on any atom is -0.497 e. The topological polar surface area (TPSA) is 67.9 Å². The summed E-state index contributed by atoms with van der Waals surface area (Å²) < 4.78 is 10.5. The summed E-state index contributed by atoms with van der Waals surface area (Å²) in [7, 11) is 3.18. The number of hydrogen-bond donors (Lipinski definition) is 1. The molecule has 2 rings (SSSR count). The van der Waals surface area contributed by atoms with Crippen molar-refractivity contribution in [3.63, 3.8) is 0 Å². The lowest BCUT2D eigenvalue weighted by Gasteiger charge is -2.32. The fourth-order valence-corrected chi connectivity index (χ4v) is 2.83. The number of nitrogens with one attached hydrogen (secondary N) is 1. The second-order valence-electron chi connectivity index (χ2n) is 5.71. The number of nitrogens with zero attached hydrogens (tertiary/aromatic N) is 1. The van der Waals surface area contributed by atoms with Gasteiger partial charge in [0.25, 0.3) is 0 Å². The number of carbonyl (C=O) groups excluding carboxylic acids is 2. The molecule has 126 valence electrons. The molecule has 0 bridgehead atoms. The minimum absolute atomic E-state index is 0.0160. The lowest BCUT2D eigenvalue weighted by Crippen LogP contribution is -2.46. The first-order chi connectivity index (χ1) is 11.0. The predicted molar refractivity (Wildman–Crippen MR) is 86.7 cm³/mol. The molecule has 0 radical (unpaired) electrons. The summed E-state index contributed by atoms with van der Waals surface area (Å²) >= 11 is 0. The highest BCUT2D eigenvalue weighted by atomic mass is 16.5. The Kier molecular flexibility index (Phi) is 5.84. The molecule has 1 aliphatic rings. The number of piperidine rings is 1. The zero-order valence-corrected chi connectivity index (χ0v) is 13.9. The maximum absolute atomic E-state index is 12.5. The van der Waals surface area contributed by atoms with Crippen molar-refractivity contribution < 1.29 is 19.1 Å². The monoisotopic (exact) mass is 320 g/mol. The Morgan fingerprint density at radius 2 is 1.91 bits per heavy atom. The number of ether oxygens (including phenoxy) is 2. The van der Waals surface area contributed by atoms with E-state index in [1.54, 1.807) is 20.3 Å². The van der Waals surface area contributed by atoms with Gasteiger partial charge >= 0.3 is 0 Å². The van der Waals surface area contributed by atoms with Gasteiger partial charge in [-0.1, -0.05) is 6.07 Å². The van der Waals surface area contributed by atoms with Crippen molar-refractivity contribution in [1.82, 2.24) is 10.2 Å². The molecule has 2 amide bonds. The van der Waals surface area contributed by atoms with Crippen molar-refractivity contribution in [3.8, 4) is 11.5 Å². The van der Waals surface area contributed by atoms with Crippen LogP contribution in [0.3, 0.4) is 0 Å². The van der Waals surface area contributed by atoms with Crippen molar-refractivity contribution >= 4 is 11.8 Å². The molecule has 1 saturated heterocycles. The van der Waals surface area contributed by atoms with Crippen molar-refractivity contribution in [3.05, 3.63) is 23.8 Å². The highest BCUT2D eigenvalue weighted by molar-refractivity contribution is 5.80. The molecule has 0 aromatic heterocycles. The average Bonchev–Trinajstić information content (AvgIpc) is 2.55.